The molecule has 0 saturated carbocycles. The summed E-state index contributed by atoms with van der Waals surface area (Å²) in [5.41, 5.74) is 7.96. The highest BCUT2D eigenvalue weighted by molar-refractivity contribution is 7.99. The molecule has 2 heterocycles. The lowest BCUT2D eigenvalue weighted by Crippen LogP contribution is -2.21. The number of thioether (sulfide) groups is 1. The minimum Gasteiger partial charge on any atom is -0.508 e. The van der Waals surface area contributed by atoms with Crippen molar-refractivity contribution in [1.29, 1.82) is 0 Å². The second-order valence-corrected chi connectivity index (χ2v) is 6.07. The number of benzene rings is 1. The normalized spacial score (nSPS) is 18.3. The molecule has 1 aromatic heterocycles. The van der Waals surface area contributed by atoms with Crippen molar-refractivity contribution in [3.05, 3.63) is 40.4 Å². The maximum absolute atomic E-state index is 9.60. The van der Waals surface area contributed by atoms with Crippen molar-refractivity contribution in [3.63, 3.8) is 0 Å². The molecular formula is C13H15N3OS2. The lowest BCUT2D eigenvalue weighted by molar-refractivity contribution is 0.470. The molecule has 0 amide bonds. The molecule has 6 heteroatoms. The number of imidazole rings is 1. The molecule has 100 valence electrons. The predicted octanol–water partition coefficient (Wildman–Crippen LogP) is 2.60. The van der Waals surface area contributed by atoms with Gasteiger partial charge in [-0.2, -0.15) is 0 Å². The van der Waals surface area contributed by atoms with Gasteiger partial charge in [-0.3, -0.25) is 0 Å². The van der Waals surface area contributed by atoms with E-state index in [1.165, 1.54) is 10.5 Å². The van der Waals surface area contributed by atoms with Crippen LogP contribution in [-0.2, 0) is 13.0 Å². The number of nitrogens with two attached hydrogens (primary N) is 1. The monoisotopic (exact) mass is 293 g/mol. The van der Waals surface area contributed by atoms with E-state index in [-0.39, 0.29) is 6.04 Å². The van der Waals surface area contributed by atoms with Crippen molar-refractivity contribution < 1.29 is 5.11 Å². The molecule has 0 aliphatic carbocycles. The first-order valence-corrected chi connectivity index (χ1v) is 7.52. The van der Waals surface area contributed by atoms with Crippen LogP contribution in [0.5, 0.6) is 5.75 Å². The highest BCUT2D eigenvalue weighted by Gasteiger charge is 2.23. The smallest absolute Gasteiger partial charge is 0.177 e. The summed E-state index contributed by atoms with van der Waals surface area (Å²) >= 11 is 7.14. The SMILES string of the molecule is NCc1c[nH]c(=S)n1[C@H]1CSc2ccc(O)cc2C1. The van der Waals surface area contributed by atoms with E-state index in [2.05, 4.69) is 9.55 Å². The van der Waals surface area contributed by atoms with Crippen molar-refractivity contribution in [3.8, 4) is 5.75 Å². The zero-order chi connectivity index (χ0) is 13.4. The van der Waals surface area contributed by atoms with Crippen LogP contribution in [0.25, 0.3) is 0 Å². The number of nitrogens with zero attached hydrogens (tertiary/aromatic N) is 1. The van der Waals surface area contributed by atoms with Crippen LogP contribution in [-0.4, -0.2) is 20.4 Å². The Balaban J connectivity index is 1.97. The van der Waals surface area contributed by atoms with Gasteiger partial charge < -0.3 is 20.4 Å². The number of rotatable bonds is 2. The van der Waals surface area contributed by atoms with Gasteiger partial charge in [0.2, 0.25) is 0 Å². The van der Waals surface area contributed by atoms with Crippen LogP contribution >= 0.6 is 24.0 Å². The van der Waals surface area contributed by atoms with Crippen molar-refractivity contribution >= 4 is 24.0 Å². The molecule has 0 radical (unpaired) electrons. The number of hydrogen-bond acceptors (Lipinski definition) is 4. The number of phenols is 1. The average molecular weight is 293 g/mol. The van der Waals surface area contributed by atoms with E-state index >= 15 is 0 Å². The number of fused-ring (bicyclic) bond motifs is 1. The van der Waals surface area contributed by atoms with Gasteiger partial charge in [-0.05, 0) is 42.4 Å². The lowest BCUT2D eigenvalue weighted by atomic mass is 10.1. The van der Waals surface area contributed by atoms with Crippen LogP contribution in [0.2, 0.25) is 0 Å². The summed E-state index contributed by atoms with van der Waals surface area (Å²) in [5, 5.41) is 9.60. The van der Waals surface area contributed by atoms with Crippen molar-refractivity contribution in [2.45, 2.75) is 23.9 Å². The molecule has 4 N–H and O–H groups in total. The van der Waals surface area contributed by atoms with Gasteiger partial charge >= 0.3 is 0 Å². The van der Waals surface area contributed by atoms with E-state index in [0.717, 1.165) is 22.6 Å². The zero-order valence-corrected chi connectivity index (χ0v) is 11.9. The van der Waals surface area contributed by atoms with E-state index in [1.807, 2.05) is 18.3 Å². The van der Waals surface area contributed by atoms with Crippen LogP contribution in [0.3, 0.4) is 0 Å². The summed E-state index contributed by atoms with van der Waals surface area (Å²) in [4.78, 5) is 4.30. The fourth-order valence-electron chi connectivity index (χ4n) is 2.50. The van der Waals surface area contributed by atoms with Crippen LogP contribution in [0.4, 0.5) is 0 Å². The topological polar surface area (TPSA) is 67.0 Å². The van der Waals surface area contributed by atoms with Gasteiger partial charge in [-0.1, -0.05) is 0 Å². The molecule has 1 aliphatic rings. The summed E-state index contributed by atoms with van der Waals surface area (Å²) < 4.78 is 2.82. The van der Waals surface area contributed by atoms with Crippen LogP contribution in [0.1, 0.15) is 17.3 Å². The first kappa shape index (κ1) is 12.8. The summed E-state index contributed by atoms with van der Waals surface area (Å²) in [5.74, 6) is 1.29. The van der Waals surface area contributed by atoms with Crippen molar-refractivity contribution in [1.82, 2.24) is 9.55 Å². The van der Waals surface area contributed by atoms with Crippen molar-refractivity contribution in [2.24, 2.45) is 5.73 Å². The van der Waals surface area contributed by atoms with Gasteiger partial charge in [0.1, 0.15) is 5.75 Å². The maximum atomic E-state index is 9.60. The summed E-state index contributed by atoms with van der Waals surface area (Å²) in [6.45, 7) is 0.473. The Labute approximate surface area is 120 Å². The molecule has 0 fully saturated rings. The average Bonchev–Trinajstić information content (AvgIpc) is 2.79. The highest BCUT2D eigenvalue weighted by Crippen LogP contribution is 2.37. The number of aromatic amines is 1. The van der Waals surface area contributed by atoms with Gasteiger partial charge in [-0.25, -0.2) is 0 Å². The molecule has 0 bridgehead atoms. The Hall–Kier alpha value is -1.24. The number of aromatic hydroxyl groups is 1. The Bertz CT molecular complexity index is 662. The van der Waals surface area contributed by atoms with Gasteiger partial charge in [0.15, 0.2) is 4.77 Å². The summed E-state index contributed by atoms with van der Waals surface area (Å²) in [7, 11) is 0. The Morgan fingerprint density at radius 2 is 2.37 bits per heavy atom. The minimum atomic E-state index is 0.289. The Morgan fingerprint density at radius 3 is 3.16 bits per heavy atom. The molecule has 2 aromatic rings. The van der Waals surface area contributed by atoms with E-state index in [9.17, 15) is 5.11 Å². The minimum absolute atomic E-state index is 0.289. The van der Waals surface area contributed by atoms with Crippen LogP contribution in [0, 0.1) is 4.77 Å². The van der Waals surface area contributed by atoms with Gasteiger partial charge in [0, 0.05) is 29.4 Å². The maximum Gasteiger partial charge on any atom is 0.177 e. The molecule has 1 atom stereocenters. The first-order valence-electron chi connectivity index (χ1n) is 6.12. The number of aromatic nitrogens is 2. The quantitative estimate of drug-likeness (QED) is 0.745. The number of H-pyrrole nitrogens is 1. The summed E-state index contributed by atoms with van der Waals surface area (Å²) in [6, 6.07) is 5.84. The molecule has 0 spiro atoms. The molecule has 0 unspecified atom stereocenters. The second-order valence-electron chi connectivity index (χ2n) is 4.62. The van der Waals surface area contributed by atoms with Gasteiger partial charge in [0.05, 0.1) is 5.69 Å². The molecule has 3 rings (SSSR count). The van der Waals surface area contributed by atoms with E-state index in [1.54, 1.807) is 17.8 Å². The zero-order valence-electron chi connectivity index (χ0n) is 10.3. The Kier molecular flexibility index (Phi) is 3.38. The molecule has 0 saturated heterocycles. The molecular weight excluding hydrogens is 278 g/mol. The van der Waals surface area contributed by atoms with Crippen LogP contribution in [0.15, 0.2) is 29.3 Å². The molecule has 1 aliphatic heterocycles. The van der Waals surface area contributed by atoms with Gasteiger partial charge in [-0.15, -0.1) is 11.8 Å². The fraction of sp³-hybridized carbons (Fsp3) is 0.308. The largest absolute Gasteiger partial charge is 0.508 e. The third-order valence-electron chi connectivity index (χ3n) is 3.40. The Morgan fingerprint density at radius 1 is 1.53 bits per heavy atom. The molecule has 19 heavy (non-hydrogen) atoms. The number of hydrogen-bond donors (Lipinski definition) is 3. The van der Waals surface area contributed by atoms with E-state index < -0.39 is 0 Å². The number of phenolic OH excluding ortho intramolecular Hbond substituents is 1. The van der Waals surface area contributed by atoms with E-state index in [0.29, 0.717) is 12.3 Å². The van der Waals surface area contributed by atoms with E-state index in [4.69, 9.17) is 18.0 Å². The van der Waals surface area contributed by atoms with Crippen LogP contribution < -0.4 is 5.73 Å². The standard InChI is InChI=1S/C13H15N3OS2/c14-5-10-6-15-13(18)16(10)9-3-8-4-11(17)1-2-12(8)19-7-9/h1-2,4,6,9,17H,3,5,7,14H2,(H,15,18)/t9-/m1/s1. The van der Waals surface area contributed by atoms with Crippen molar-refractivity contribution in [2.75, 3.05) is 5.75 Å². The predicted molar refractivity (Wildman–Crippen MR) is 79.1 cm³/mol. The summed E-state index contributed by atoms with van der Waals surface area (Å²) in [6.07, 6.45) is 2.75. The second kappa shape index (κ2) is 5.03. The number of nitrogens with one attached hydrogen (secondary N) is 1. The van der Waals surface area contributed by atoms with Gasteiger partial charge in [0.25, 0.3) is 0 Å². The first-order chi connectivity index (χ1) is 9.19. The molecule has 4 nitrogen and oxygen atoms in total. The highest BCUT2D eigenvalue weighted by atomic mass is 32.2. The third-order valence-corrected chi connectivity index (χ3v) is 4.97. The fourth-order valence-corrected chi connectivity index (χ4v) is 3.96. The lowest BCUT2D eigenvalue weighted by Gasteiger charge is -2.26. The molecule has 1 aromatic carbocycles. The third kappa shape index (κ3) is 2.31.